The molecule has 1 aromatic carbocycles. The Bertz CT molecular complexity index is 1110. The Kier molecular flexibility index (Phi) is 9.12. The third-order valence-corrected chi connectivity index (χ3v) is 4.32. The molecule has 0 saturated carbocycles. The summed E-state index contributed by atoms with van der Waals surface area (Å²) in [5.41, 5.74) is -0.917. The van der Waals surface area contributed by atoms with Gasteiger partial charge in [-0.15, -0.1) is 0 Å². The molecular formula is C23H23NO10. The zero-order chi connectivity index (χ0) is 25.3. The number of benzene rings is 1. The third kappa shape index (κ3) is 5.68. The average Bonchev–Trinajstić information content (AvgIpc) is 3.25. The molecule has 11 heteroatoms. The van der Waals surface area contributed by atoms with Gasteiger partial charge in [0.1, 0.15) is 24.3 Å². The van der Waals surface area contributed by atoms with Crippen molar-refractivity contribution < 1.29 is 47.3 Å². The molecule has 1 aromatic heterocycles. The Morgan fingerprint density at radius 2 is 1.62 bits per heavy atom. The summed E-state index contributed by atoms with van der Waals surface area (Å²) in [4.78, 5) is 62.1. The number of esters is 4. The molecule has 2 aromatic rings. The minimum atomic E-state index is -1.05. The van der Waals surface area contributed by atoms with Crippen LogP contribution in [0, 0.1) is 0 Å². The number of hydrogen-bond donors (Lipinski definition) is 1. The van der Waals surface area contributed by atoms with Crippen LogP contribution in [0.3, 0.4) is 0 Å². The summed E-state index contributed by atoms with van der Waals surface area (Å²) < 4.78 is 24.8. The summed E-state index contributed by atoms with van der Waals surface area (Å²) >= 11 is 0. The highest BCUT2D eigenvalue weighted by Gasteiger charge is 2.36. The van der Waals surface area contributed by atoms with Crippen molar-refractivity contribution in [1.82, 2.24) is 5.32 Å². The van der Waals surface area contributed by atoms with Gasteiger partial charge >= 0.3 is 23.9 Å². The van der Waals surface area contributed by atoms with Crippen molar-refractivity contribution in [1.29, 1.82) is 0 Å². The molecule has 1 heterocycles. The average molecular weight is 473 g/mol. The predicted octanol–water partition coefficient (Wildman–Crippen LogP) is 2.16. The second-order valence-corrected chi connectivity index (χ2v) is 6.41. The van der Waals surface area contributed by atoms with E-state index < -0.39 is 53.2 Å². The molecule has 1 amide bonds. The summed E-state index contributed by atoms with van der Waals surface area (Å²) in [6.45, 7) is 4.47. The molecule has 0 aliphatic rings. The van der Waals surface area contributed by atoms with Crippen LogP contribution < -0.4 is 5.32 Å². The van der Waals surface area contributed by atoms with Crippen LogP contribution in [0.25, 0.3) is 11.3 Å². The summed E-state index contributed by atoms with van der Waals surface area (Å²) in [5.74, 6) is -5.38. The van der Waals surface area contributed by atoms with Gasteiger partial charge in [0.2, 0.25) is 5.76 Å². The van der Waals surface area contributed by atoms with Gasteiger partial charge in [0.25, 0.3) is 5.91 Å². The van der Waals surface area contributed by atoms with Crippen LogP contribution in [0.1, 0.15) is 48.6 Å². The normalized spacial score (nSPS) is 10.1. The maximum Gasteiger partial charge on any atom is 0.375 e. The van der Waals surface area contributed by atoms with Crippen molar-refractivity contribution in [3.63, 3.8) is 0 Å². The van der Waals surface area contributed by atoms with Crippen LogP contribution in [0.2, 0.25) is 0 Å². The van der Waals surface area contributed by atoms with Crippen molar-refractivity contribution in [2.75, 3.05) is 34.0 Å². The summed E-state index contributed by atoms with van der Waals surface area (Å²) in [5, 5.41) is 2.39. The molecular weight excluding hydrogens is 450 g/mol. The first-order valence-corrected chi connectivity index (χ1v) is 9.95. The van der Waals surface area contributed by atoms with E-state index in [0.717, 1.165) is 14.2 Å². The fourth-order valence-corrected chi connectivity index (χ4v) is 2.88. The highest BCUT2D eigenvalue weighted by molar-refractivity contribution is 6.14. The van der Waals surface area contributed by atoms with Crippen molar-refractivity contribution in [2.24, 2.45) is 0 Å². The van der Waals surface area contributed by atoms with Crippen LogP contribution in [-0.2, 0) is 23.7 Å². The first-order valence-electron chi connectivity index (χ1n) is 9.95. The maximum absolute atomic E-state index is 12.8. The van der Waals surface area contributed by atoms with E-state index in [1.165, 1.54) is 30.3 Å². The highest BCUT2D eigenvalue weighted by atomic mass is 16.6. The number of carbonyl (C=O) groups excluding carboxylic acids is 5. The maximum atomic E-state index is 12.8. The van der Waals surface area contributed by atoms with Crippen LogP contribution in [-0.4, -0.2) is 63.8 Å². The molecule has 11 nitrogen and oxygen atoms in total. The lowest BCUT2D eigenvalue weighted by molar-refractivity contribution is -0.141. The predicted molar refractivity (Wildman–Crippen MR) is 116 cm³/mol. The van der Waals surface area contributed by atoms with Crippen molar-refractivity contribution >= 4 is 29.8 Å². The van der Waals surface area contributed by atoms with Gasteiger partial charge < -0.3 is 28.7 Å². The van der Waals surface area contributed by atoms with Gasteiger partial charge in [-0.1, -0.05) is 30.9 Å². The van der Waals surface area contributed by atoms with Crippen molar-refractivity contribution in [3.8, 4) is 11.3 Å². The van der Waals surface area contributed by atoms with Gasteiger partial charge in [0.15, 0.2) is 5.76 Å². The molecule has 180 valence electrons. The third-order valence-electron chi connectivity index (χ3n) is 4.32. The van der Waals surface area contributed by atoms with E-state index in [1.54, 1.807) is 6.92 Å². The van der Waals surface area contributed by atoms with E-state index in [4.69, 9.17) is 23.4 Å². The number of rotatable bonds is 10. The molecule has 0 spiro atoms. The molecule has 1 N–H and O–H groups in total. The first-order chi connectivity index (χ1) is 16.3. The van der Waals surface area contributed by atoms with Gasteiger partial charge in [0, 0.05) is 5.56 Å². The van der Waals surface area contributed by atoms with Crippen LogP contribution in [0.4, 0.5) is 0 Å². The van der Waals surface area contributed by atoms with E-state index in [0.29, 0.717) is 0 Å². The molecule has 2 rings (SSSR count). The lowest BCUT2D eigenvalue weighted by Crippen LogP contribution is -2.31. The van der Waals surface area contributed by atoms with E-state index in [9.17, 15) is 24.0 Å². The summed E-state index contributed by atoms with van der Waals surface area (Å²) in [6, 6.07) is 5.88. The second-order valence-electron chi connectivity index (χ2n) is 6.41. The quantitative estimate of drug-likeness (QED) is 0.309. The van der Waals surface area contributed by atoms with E-state index in [1.807, 2.05) is 0 Å². The van der Waals surface area contributed by atoms with E-state index in [2.05, 4.69) is 11.9 Å². The topological polar surface area (TPSA) is 147 Å². The SMILES string of the molecule is C=CCOC(=O)CNC(=O)c1ccccc1-c1oc(C(=O)OCC)c(C(=O)OC)c1C(=O)OC. The van der Waals surface area contributed by atoms with Crippen LogP contribution >= 0.6 is 0 Å². The minimum absolute atomic E-state index is 0.0207. The number of amides is 1. The van der Waals surface area contributed by atoms with E-state index in [-0.39, 0.29) is 30.1 Å². The number of ether oxygens (including phenoxy) is 4. The summed E-state index contributed by atoms with van der Waals surface area (Å²) in [6.07, 6.45) is 1.38. The Hall–Kier alpha value is -4.41. The minimum Gasteiger partial charge on any atom is -0.465 e. The van der Waals surface area contributed by atoms with Gasteiger partial charge in [-0.2, -0.15) is 0 Å². The monoisotopic (exact) mass is 473 g/mol. The van der Waals surface area contributed by atoms with Gasteiger partial charge in [0.05, 0.1) is 26.4 Å². The number of hydrogen-bond acceptors (Lipinski definition) is 10. The standard InChI is InChI=1S/C23H23NO10/c1-5-11-33-15(25)12-24-20(26)14-10-8-7-9-13(14)18-16(21(27)30-3)17(22(28)31-4)19(34-18)23(29)32-6-2/h5,7-10H,1,6,11-12H2,2-4H3,(H,24,26). The first kappa shape index (κ1) is 25.8. The fraction of sp³-hybridized carbons (Fsp3) is 0.261. The zero-order valence-corrected chi connectivity index (χ0v) is 18.8. The number of methoxy groups -OCH3 is 2. The molecule has 0 atom stereocenters. The number of furan rings is 1. The molecule has 0 saturated heterocycles. The number of nitrogens with one attached hydrogen (secondary N) is 1. The van der Waals surface area contributed by atoms with E-state index >= 15 is 0 Å². The Labute approximate surface area is 194 Å². The highest BCUT2D eigenvalue weighted by Crippen LogP contribution is 2.35. The second kappa shape index (κ2) is 12.0. The Morgan fingerprint density at radius 3 is 2.24 bits per heavy atom. The largest absolute Gasteiger partial charge is 0.465 e. The van der Waals surface area contributed by atoms with Gasteiger partial charge in [-0.05, 0) is 13.0 Å². The van der Waals surface area contributed by atoms with Gasteiger partial charge in [-0.25, -0.2) is 14.4 Å². The molecule has 0 bridgehead atoms. The molecule has 0 unspecified atom stereocenters. The summed E-state index contributed by atoms with van der Waals surface area (Å²) in [7, 11) is 2.12. The Balaban J connectivity index is 2.63. The molecule has 0 fully saturated rings. The van der Waals surface area contributed by atoms with Crippen LogP contribution in [0.15, 0.2) is 41.3 Å². The Morgan fingerprint density at radius 1 is 0.971 bits per heavy atom. The van der Waals surface area contributed by atoms with Crippen LogP contribution in [0.5, 0.6) is 0 Å². The zero-order valence-electron chi connectivity index (χ0n) is 18.8. The number of carbonyl (C=O) groups is 5. The smallest absolute Gasteiger partial charge is 0.375 e. The van der Waals surface area contributed by atoms with Gasteiger partial charge in [-0.3, -0.25) is 9.59 Å². The lowest BCUT2D eigenvalue weighted by atomic mass is 9.99. The molecule has 0 radical (unpaired) electrons. The fourth-order valence-electron chi connectivity index (χ4n) is 2.88. The van der Waals surface area contributed by atoms with Crippen molar-refractivity contribution in [3.05, 3.63) is 59.4 Å². The molecule has 34 heavy (non-hydrogen) atoms. The lowest BCUT2D eigenvalue weighted by Gasteiger charge is -2.10. The molecule has 0 aliphatic carbocycles. The van der Waals surface area contributed by atoms with Crippen molar-refractivity contribution in [2.45, 2.75) is 6.92 Å². The molecule has 0 aliphatic heterocycles.